The van der Waals surface area contributed by atoms with E-state index < -0.39 is 59.1 Å². The molecule has 3 unspecified atom stereocenters. The molecular weight excluding hydrogens is 636 g/mol. The molecule has 2 aromatic rings. The molecule has 0 aliphatic rings. The molecule has 0 radical (unpaired) electrons. The molecule has 0 heterocycles. The van der Waals surface area contributed by atoms with Gasteiger partial charge in [0.05, 0.1) is 0 Å². The zero-order valence-electron chi connectivity index (χ0n) is 31.2. The maximum Gasteiger partial charge on any atom is 0.408 e. The number of alkyl carbamates (subject to hydrolysis) is 1. The maximum atomic E-state index is 14.6. The first-order valence-electron chi connectivity index (χ1n) is 17.6. The van der Waals surface area contributed by atoms with E-state index in [1.807, 2.05) is 49.4 Å². The number of amides is 4. The minimum atomic E-state index is -1.22. The minimum absolute atomic E-state index is 0.101. The molecule has 0 aliphatic carbocycles. The Labute approximate surface area is 298 Å². The second-order valence-electron chi connectivity index (χ2n) is 14.8. The number of hydrogen-bond donors (Lipinski definition) is 3. The van der Waals surface area contributed by atoms with Gasteiger partial charge in [0.15, 0.2) is 0 Å². The summed E-state index contributed by atoms with van der Waals surface area (Å²) in [7, 11) is 0. The predicted octanol–water partition coefficient (Wildman–Crippen LogP) is 6.06. The lowest BCUT2D eigenvalue weighted by Crippen LogP contribution is -2.55. The van der Waals surface area contributed by atoms with E-state index in [-0.39, 0.29) is 25.8 Å². The van der Waals surface area contributed by atoms with Gasteiger partial charge in [-0.2, -0.15) is 0 Å². The van der Waals surface area contributed by atoms with Gasteiger partial charge in [0, 0.05) is 19.4 Å². The number of primary amides is 1. The highest BCUT2D eigenvalue weighted by molar-refractivity contribution is 5.94. The van der Waals surface area contributed by atoms with Crippen LogP contribution >= 0.6 is 0 Å². The van der Waals surface area contributed by atoms with Crippen molar-refractivity contribution < 1.29 is 33.4 Å². The van der Waals surface area contributed by atoms with Crippen LogP contribution in [0, 0.1) is 6.92 Å². The molecule has 2 aromatic carbocycles. The highest BCUT2D eigenvalue weighted by Gasteiger charge is 2.38. The first kappa shape index (κ1) is 41.8. The summed E-state index contributed by atoms with van der Waals surface area (Å²) in [5, 5.41) is 5.55. The van der Waals surface area contributed by atoms with Crippen LogP contribution in [0.25, 0.3) is 0 Å². The van der Waals surface area contributed by atoms with Crippen LogP contribution in [0.2, 0.25) is 0 Å². The van der Waals surface area contributed by atoms with Crippen molar-refractivity contribution in [2.24, 2.45) is 5.73 Å². The predicted molar refractivity (Wildman–Crippen MR) is 194 cm³/mol. The van der Waals surface area contributed by atoms with Crippen LogP contribution in [0.5, 0.6) is 0 Å². The fourth-order valence-electron chi connectivity index (χ4n) is 5.43. The van der Waals surface area contributed by atoms with Crippen molar-refractivity contribution in [3.8, 4) is 0 Å². The molecule has 4 amide bonds. The van der Waals surface area contributed by atoms with Gasteiger partial charge in [-0.15, -0.1) is 0 Å². The molecule has 2 rings (SSSR count). The van der Waals surface area contributed by atoms with Crippen LogP contribution in [0.1, 0.15) is 116 Å². The molecule has 0 aliphatic heterocycles. The van der Waals surface area contributed by atoms with Gasteiger partial charge in [0.25, 0.3) is 0 Å². The topological polar surface area (TPSA) is 157 Å². The van der Waals surface area contributed by atoms with Gasteiger partial charge in [0.2, 0.25) is 17.7 Å². The van der Waals surface area contributed by atoms with Gasteiger partial charge < -0.3 is 30.7 Å². The third kappa shape index (κ3) is 15.4. The first-order valence-corrected chi connectivity index (χ1v) is 17.6. The van der Waals surface area contributed by atoms with Crippen molar-refractivity contribution in [3.63, 3.8) is 0 Å². The fraction of sp³-hybridized carbons (Fsp3) is 0.564. The third-order valence-corrected chi connectivity index (χ3v) is 7.66. The van der Waals surface area contributed by atoms with Crippen molar-refractivity contribution in [1.82, 2.24) is 15.5 Å². The first-order chi connectivity index (χ1) is 23.4. The van der Waals surface area contributed by atoms with Crippen molar-refractivity contribution in [2.45, 2.75) is 136 Å². The van der Waals surface area contributed by atoms with Crippen LogP contribution in [-0.4, -0.2) is 64.5 Å². The van der Waals surface area contributed by atoms with E-state index in [0.29, 0.717) is 12.0 Å². The Kier molecular flexibility index (Phi) is 16.4. The molecule has 11 nitrogen and oxygen atoms in total. The summed E-state index contributed by atoms with van der Waals surface area (Å²) in [6.45, 7) is 14.5. The summed E-state index contributed by atoms with van der Waals surface area (Å²) < 4.78 is 11.2. The smallest absolute Gasteiger partial charge is 0.408 e. The summed E-state index contributed by atoms with van der Waals surface area (Å²) in [4.78, 5) is 69.0. The van der Waals surface area contributed by atoms with E-state index in [2.05, 4.69) is 17.6 Å². The second kappa shape index (κ2) is 19.7. The number of carbonyl (C=O) groups is 5. The molecule has 0 saturated heterocycles. The maximum absolute atomic E-state index is 14.6. The second-order valence-corrected chi connectivity index (χ2v) is 14.8. The normalized spacial score (nSPS) is 13.4. The Balaban J connectivity index is 2.65. The number of hydrogen-bond acceptors (Lipinski definition) is 7. The number of nitrogens with two attached hydrogens (primary N) is 1. The number of unbranched alkanes of at least 4 members (excludes halogenated alkanes) is 4. The van der Waals surface area contributed by atoms with Crippen LogP contribution < -0.4 is 16.4 Å². The zero-order valence-corrected chi connectivity index (χ0v) is 31.2. The largest absolute Gasteiger partial charge is 0.458 e. The van der Waals surface area contributed by atoms with E-state index in [0.717, 1.165) is 36.8 Å². The molecule has 11 heteroatoms. The van der Waals surface area contributed by atoms with E-state index in [1.165, 1.54) is 4.90 Å². The van der Waals surface area contributed by atoms with Gasteiger partial charge in [-0.25, -0.2) is 9.59 Å². The van der Waals surface area contributed by atoms with Crippen molar-refractivity contribution in [1.29, 1.82) is 0 Å². The van der Waals surface area contributed by atoms with Crippen molar-refractivity contribution in [3.05, 3.63) is 71.3 Å². The van der Waals surface area contributed by atoms with Gasteiger partial charge in [0.1, 0.15) is 29.3 Å². The Bertz CT molecular complexity index is 1420. The number of carbonyl (C=O) groups excluding carboxylic acids is 5. The van der Waals surface area contributed by atoms with E-state index in [9.17, 15) is 24.0 Å². The lowest BCUT2D eigenvalue weighted by Gasteiger charge is -2.35. The van der Waals surface area contributed by atoms with E-state index >= 15 is 0 Å². The molecule has 0 saturated carbocycles. The van der Waals surface area contributed by atoms with Crippen LogP contribution in [0.4, 0.5) is 4.79 Å². The summed E-state index contributed by atoms with van der Waals surface area (Å²) in [6.07, 6.45) is 3.41. The molecule has 0 fully saturated rings. The lowest BCUT2D eigenvalue weighted by molar-refractivity contribution is -0.159. The molecule has 0 spiro atoms. The monoisotopic (exact) mass is 694 g/mol. The number of benzene rings is 2. The number of aryl methyl sites for hydroxylation is 1. The third-order valence-electron chi connectivity index (χ3n) is 7.66. The number of nitrogens with one attached hydrogen (secondary N) is 2. The van der Waals surface area contributed by atoms with Crippen LogP contribution in [0.3, 0.4) is 0 Å². The standard InChI is InChI=1S/C39H58N4O7/c1-9-10-11-12-16-24-43(35(46)30(22-23-32(40)44)42-37(48)50-39(6,7)8)33(29-21-17-18-27(2)25-29)34(45)41-31(36(47)49-38(3,4)5)26-28-19-14-13-15-20-28/h13-15,17-21,25,30-31,33H,9-12,16,22-24,26H2,1-8H3,(H2,40,44)(H,41,45)(H,42,48). The quantitative estimate of drug-likeness (QED) is 0.126. The Morgan fingerprint density at radius 1 is 0.800 bits per heavy atom. The molecule has 50 heavy (non-hydrogen) atoms. The summed E-state index contributed by atoms with van der Waals surface area (Å²) in [5.74, 6) is -2.42. The summed E-state index contributed by atoms with van der Waals surface area (Å²) in [6, 6.07) is 13.1. The SMILES string of the molecule is CCCCCCCN(C(=O)C(CCC(N)=O)NC(=O)OC(C)(C)C)C(C(=O)NC(Cc1ccccc1)C(=O)OC(C)(C)C)c1cccc(C)c1. The minimum Gasteiger partial charge on any atom is -0.458 e. The zero-order chi connectivity index (χ0) is 37.5. The number of nitrogens with zero attached hydrogens (tertiary/aromatic N) is 1. The molecule has 3 atom stereocenters. The molecular formula is C39H58N4O7. The van der Waals surface area contributed by atoms with Gasteiger partial charge >= 0.3 is 12.1 Å². The Hall–Kier alpha value is -4.41. The molecule has 0 bridgehead atoms. The summed E-state index contributed by atoms with van der Waals surface area (Å²) >= 11 is 0. The summed E-state index contributed by atoms with van der Waals surface area (Å²) in [5.41, 5.74) is 6.01. The molecule has 0 aromatic heterocycles. The van der Waals surface area contributed by atoms with E-state index in [4.69, 9.17) is 15.2 Å². The number of esters is 1. The van der Waals surface area contributed by atoms with Crippen molar-refractivity contribution in [2.75, 3.05) is 6.54 Å². The highest BCUT2D eigenvalue weighted by Crippen LogP contribution is 2.26. The lowest BCUT2D eigenvalue weighted by atomic mass is 9.98. The van der Waals surface area contributed by atoms with E-state index in [1.54, 1.807) is 53.7 Å². The average molecular weight is 695 g/mol. The van der Waals surface area contributed by atoms with Gasteiger partial charge in [-0.3, -0.25) is 14.4 Å². The van der Waals surface area contributed by atoms with Gasteiger partial charge in [-0.05, 0) is 72.4 Å². The fourth-order valence-corrected chi connectivity index (χ4v) is 5.43. The molecule has 4 N–H and O–H groups in total. The number of rotatable bonds is 18. The van der Waals surface area contributed by atoms with Crippen LogP contribution in [-0.2, 0) is 35.1 Å². The highest BCUT2D eigenvalue weighted by atomic mass is 16.6. The Morgan fingerprint density at radius 2 is 1.44 bits per heavy atom. The molecule has 276 valence electrons. The average Bonchev–Trinajstić information content (AvgIpc) is 3.00. The van der Waals surface area contributed by atoms with Gasteiger partial charge in [-0.1, -0.05) is 92.8 Å². The van der Waals surface area contributed by atoms with Crippen LogP contribution in [0.15, 0.2) is 54.6 Å². The Morgan fingerprint density at radius 3 is 2.02 bits per heavy atom. The number of ether oxygens (including phenoxy) is 2. The van der Waals surface area contributed by atoms with Crippen molar-refractivity contribution >= 4 is 29.8 Å².